The third-order valence-electron chi connectivity index (χ3n) is 6.81. The van der Waals surface area contributed by atoms with E-state index in [2.05, 4.69) is 10.7 Å². The Bertz CT molecular complexity index is 1290. The molecule has 3 N–H and O–H groups in total. The van der Waals surface area contributed by atoms with Crippen LogP contribution in [0.5, 0.6) is 0 Å². The summed E-state index contributed by atoms with van der Waals surface area (Å²) < 4.78 is 28.0. The van der Waals surface area contributed by atoms with Crippen molar-refractivity contribution in [3.8, 4) is 0 Å². The smallest absolute Gasteiger partial charge is 0.253 e. The van der Waals surface area contributed by atoms with Crippen molar-refractivity contribution in [2.75, 3.05) is 40.8 Å². The summed E-state index contributed by atoms with van der Waals surface area (Å²) in [6, 6.07) is 6.04. The van der Waals surface area contributed by atoms with E-state index in [0.717, 1.165) is 31.0 Å². The van der Waals surface area contributed by atoms with Gasteiger partial charge in [0.1, 0.15) is 11.6 Å². The van der Waals surface area contributed by atoms with Gasteiger partial charge in [0.05, 0.1) is 12.1 Å². The number of amides is 4. The Balaban J connectivity index is 2.49. The number of aliphatic hydroxyl groups is 1. The molecule has 12 heteroatoms. The molecule has 0 aromatic heterocycles. The Labute approximate surface area is 258 Å². The maximum atomic E-state index is 14.0. The Morgan fingerprint density at radius 3 is 1.84 bits per heavy atom. The van der Waals surface area contributed by atoms with E-state index in [9.17, 15) is 33.1 Å². The Kier molecular flexibility index (Phi) is 13.9. The van der Waals surface area contributed by atoms with Crippen LogP contribution in [0.1, 0.15) is 77.2 Å². The second-order valence-corrected chi connectivity index (χ2v) is 11.4. The third kappa shape index (κ3) is 10.7. The molecular formula is C32H45F2N5O5. The highest BCUT2D eigenvalue weighted by Crippen LogP contribution is 2.17. The molecule has 0 saturated heterocycles. The number of aliphatic hydroxyl groups excluding tert-OH is 1. The summed E-state index contributed by atoms with van der Waals surface area (Å²) in [5, 5.41) is 15.2. The lowest BCUT2D eigenvalue weighted by Crippen LogP contribution is -2.52. The SMILES string of the molecule is CCCN(CCC)C(=O)c1cc(C(=O)NC(Cc2cc(F)cc(F)c2)C(O)CN(C)NC(=O)C(C)C)cc(C(=O)N(C)C)c1. The molecule has 0 fully saturated rings. The average molecular weight is 618 g/mol. The number of hydrogen-bond acceptors (Lipinski definition) is 6. The molecule has 0 aliphatic carbocycles. The minimum absolute atomic E-state index is 0.00177. The topological polar surface area (TPSA) is 122 Å². The second kappa shape index (κ2) is 16.8. The molecule has 10 nitrogen and oxygen atoms in total. The molecule has 242 valence electrons. The lowest BCUT2D eigenvalue weighted by Gasteiger charge is -2.29. The summed E-state index contributed by atoms with van der Waals surface area (Å²) in [5.74, 6) is -3.69. The van der Waals surface area contributed by atoms with E-state index in [1.807, 2.05) is 13.8 Å². The summed E-state index contributed by atoms with van der Waals surface area (Å²) in [4.78, 5) is 55.2. The van der Waals surface area contributed by atoms with Gasteiger partial charge in [-0.05, 0) is 55.2 Å². The van der Waals surface area contributed by atoms with E-state index in [1.165, 1.54) is 35.2 Å². The van der Waals surface area contributed by atoms with Crippen LogP contribution >= 0.6 is 0 Å². The van der Waals surface area contributed by atoms with Gasteiger partial charge in [0, 0.05) is 69.5 Å². The van der Waals surface area contributed by atoms with Crippen LogP contribution < -0.4 is 10.7 Å². The van der Waals surface area contributed by atoms with E-state index < -0.39 is 35.6 Å². The standard InChI is InChI=1S/C32H45F2N5O5/c1-8-10-39(11-9-2)32(44)24-16-22(15-23(17-24)31(43)37(5)6)30(42)35-27(14-21-12-25(33)18-26(34)13-21)28(40)19-38(7)36-29(41)20(3)4/h12-13,15-18,20,27-28,40H,8-11,14,19H2,1-7H3,(H,35,42)(H,36,41). The number of hydrazine groups is 1. The van der Waals surface area contributed by atoms with Crippen LogP contribution in [0.15, 0.2) is 36.4 Å². The number of benzene rings is 2. The first-order chi connectivity index (χ1) is 20.7. The predicted octanol–water partition coefficient (Wildman–Crippen LogP) is 3.25. The van der Waals surface area contributed by atoms with Crippen molar-refractivity contribution in [3.63, 3.8) is 0 Å². The summed E-state index contributed by atoms with van der Waals surface area (Å²) in [6.07, 6.45) is -0.0140. The first kappa shape index (κ1) is 36.3. The normalized spacial score (nSPS) is 12.5. The highest BCUT2D eigenvalue weighted by Gasteiger charge is 2.27. The Morgan fingerprint density at radius 2 is 1.34 bits per heavy atom. The van der Waals surface area contributed by atoms with E-state index >= 15 is 0 Å². The van der Waals surface area contributed by atoms with E-state index in [4.69, 9.17) is 0 Å². The second-order valence-electron chi connectivity index (χ2n) is 11.4. The first-order valence-corrected chi connectivity index (χ1v) is 14.8. The fourth-order valence-corrected chi connectivity index (χ4v) is 4.59. The molecule has 2 unspecified atom stereocenters. The zero-order chi connectivity index (χ0) is 33.1. The van der Waals surface area contributed by atoms with Gasteiger partial charge >= 0.3 is 0 Å². The Hall–Kier alpha value is -3.90. The monoisotopic (exact) mass is 617 g/mol. The molecule has 0 spiro atoms. The van der Waals surface area contributed by atoms with Crippen molar-refractivity contribution in [3.05, 3.63) is 70.3 Å². The minimum Gasteiger partial charge on any atom is -0.390 e. The number of halogens is 2. The molecule has 0 saturated carbocycles. The molecule has 2 atom stereocenters. The Morgan fingerprint density at radius 1 is 0.818 bits per heavy atom. The van der Waals surface area contributed by atoms with Crippen LogP contribution in [0.25, 0.3) is 0 Å². The van der Waals surface area contributed by atoms with Gasteiger partial charge in [-0.25, -0.2) is 13.8 Å². The maximum Gasteiger partial charge on any atom is 0.253 e. The van der Waals surface area contributed by atoms with Crippen molar-refractivity contribution in [1.82, 2.24) is 25.6 Å². The fraction of sp³-hybridized carbons (Fsp3) is 0.500. The molecular weight excluding hydrogens is 572 g/mol. The first-order valence-electron chi connectivity index (χ1n) is 14.8. The third-order valence-corrected chi connectivity index (χ3v) is 6.81. The lowest BCUT2D eigenvalue weighted by molar-refractivity contribution is -0.129. The van der Waals surface area contributed by atoms with Gasteiger partial charge < -0.3 is 20.2 Å². The molecule has 0 aliphatic heterocycles. The number of carbonyl (C=O) groups excluding carboxylic acids is 4. The molecule has 0 bridgehead atoms. The largest absolute Gasteiger partial charge is 0.390 e. The van der Waals surface area contributed by atoms with Gasteiger partial charge in [0.15, 0.2) is 0 Å². The van der Waals surface area contributed by atoms with Gasteiger partial charge in [-0.2, -0.15) is 0 Å². The van der Waals surface area contributed by atoms with Gasteiger partial charge in [-0.15, -0.1) is 0 Å². The highest BCUT2D eigenvalue weighted by molar-refractivity contribution is 6.04. The summed E-state index contributed by atoms with van der Waals surface area (Å²) >= 11 is 0. The van der Waals surface area contributed by atoms with Crippen LogP contribution in [0.4, 0.5) is 8.78 Å². The van der Waals surface area contributed by atoms with E-state index in [0.29, 0.717) is 13.1 Å². The highest BCUT2D eigenvalue weighted by atomic mass is 19.1. The molecule has 2 rings (SSSR count). The molecule has 2 aromatic rings. The van der Waals surface area contributed by atoms with Crippen molar-refractivity contribution in [2.45, 2.75) is 59.1 Å². The molecule has 4 amide bonds. The van der Waals surface area contributed by atoms with Crippen LogP contribution in [-0.4, -0.2) is 96.5 Å². The van der Waals surface area contributed by atoms with Gasteiger partial charge in [0.2, 0.25) is 5.91 Å². The molecule has 2 aromatic carbocycles. The molecule has 0 aliphatic rings. The predicted molar refractivity (Wildman–Crippen MR) is 164 cm³/mol. The quantitative estimate of drug-likeness (QED) is 0.264. The van der Waals surface area contributed by atoms with Crippen molar-refractivity contribution < 1.29 is 33.1 Å². The number of nitrogens with one attached hydrogen (secondary N) is 2. The van der Waals surface area contributed by atoms with Crippen LogP contribution in [0, 0.1) is 17.6 Å². The van der Waals surface area contributed by atoms with Crippen LogP contribution in [-0.2, 0) is 11.2 Å². The number of carbonyl (C=O) groups is 4. The van der Waals surface area contributed by atoms with Crippen molar-refractivity contribution >= 4 is 23.6 Å². The maximum absolute atomic E-state index is 14.0. The number of likely N-dealkylation sites (N-methyl/N-ethyl adjacent to an activating group) is 1. The van der Waals surface area contributed by atoms with Gasteiger partial charge in [0.25, 0.3) is 17.7 Å². The number of rotatable bonds is 15. The number of nitrogens with zero attached hydrogens (tertiary/aromatic N) is 3. The molecule has 0 radical (unpaired) electrons. The zero-order valence-corrected chi connectivity index (χ0v) is 26.6. The molecule has 0 heterocycles. The summed E-state index contributed by atoms with van der Waals surface area (Å²) in [7, 11) is 4.64. The van der Waals surface area contributed by atoms with Gasteiger partial charge in [-0.1, -0.05) is 27.7 Å². The van der Waals surface area contributed by atoms with Crippen LogP contribution in [0.3, 0.4) is 0 Å². The summed E-state index contributed by atoms with van der Waals surface area (Å²) in [6.45, 7) is 8.18. The fourth-order valence-electron chi connectivity index (χ4n) is 4.59. The van der Waals surface area contributed by atoms with Crippen LogP contribution in [0.2, 0.25) is 0 Å². The number of hydrogen-bond donors (Lipinski definition) is 3. The van der Waals surface area contributed by atoms with E-state index in [1.54, 1.807) is 32.8 Å². The minimum atomic E-state index is -1.31. The van der Waals surface area contributed by atoms with Crippen molar-refractivity contribution in [1.29, 1.82) is 0 Å². The average Bonchev–Trinajstić information content (AvgIpc) is 2.94. The lowest BCUT2D eigenvalue weighted by atomic mass is 9.99. The van der Waals surface area contributed by atoms with E-state index in [-0.39, 0.29) is 53.0 Å². The molecule has 44 heavy (non-hydrogen) atoms. The zero-order valence-electron chi connectivity index (χ0n) is 26.6. The van der Waals surface area contributed by atoms with Gasteiger partial charge in [-0.3, -0.25) is 24.6 Å². The summed E-state index contributed by atoms with van der Waals surface area (Å²) in [5.41, 5.74) is 3.09. The van der Waals surface area contributed by atoms with Crippen molar-refractivity contribution in [2.24, 2.45) is 5.92 Å².